The highest BCUT2D eigenvalue weighted by molar-refractivity contribution is 7.89. The van der Waals surface area contributed by atoms with Gasteiger partial charge in [0.2, 0.25) is 10.0 Å². The summed E-state index contributed by atoms with van der Waals surface area (Å²) in [6.07, 6.45) is 0. The van der Waals surface area contributed by atoms with Crippen molar-refractivity contribution in [2.75, 3.05) is 40.5 Å². The number of hydrogen-bond donors (Lipinski definition) is 1. The molecule has 0 aliphatic heterocycles. The van der Waals surface area contributed by atoms with Gasteiger partial charge in [0, 0.05) is 20.2 Å². The summed E-state index contributed by atoms with van der Waals surface area (Å²) < 4.78 is 35.4. The third-order valence-corrected chi connectivity index (χ3v) is 4.72. The first-order valence-electron chi connectivity index (χ1n) is 6.25. The van der Waals surface area contributed by atoms with Crippen LogP contribution in [0.25, 0.3) is 0 Å². The van der Waals surface area contributed by atoms with E-state index in [4.69, 9.17) is 9.84 Å². The van der Waals surface area contributed by atoms with E-state index in [0.717, 1.165) is 4.31 Å². The third-order valence-electron chi connectivity index (χ3n) is 2.81. The predicted molar refractivity (Wildman–Crippen MR) is 75.5 cm³/mol. The minimum Gasteiger partial charge on any atom is -0.465 e. The predicted octanol–water partition coefficient (Wildman–Crippen LogP) is 0.103. The van der Waals surface area contributed by atoms with Crippen molar-refractivity contribution in [3.8, 4) is 0 Å². The summed E-state index contributed by atoms with van der Waals surface area (Å²) in [7, 11) is -1.03. The maximum absolute atomic E-state index is 12.4. The van der Waals surface area contributed by atoms with Crippen LogP contribution < -0.4 is 0 Å². The fourth-order valence-corrected chi connectivity index (χ4v) is 3.10. The number of carbonyl (C=O) groups excluding carboxylic acids is 1. The van der Waals surface area contributed by atoms with Crippen LogP contribution in [-0.4, -0.2) is 64.3 Å². The van der Waals surface area contributed by atoms with Gasteiger partial charge in [0.1, 0.15) is 0 Å². The minimum absolute atomic E-state index is 0.0234. The van der Waals surface area contributed by atoms with E-state index < -0.39 is 16.0 Å². The van der Waals surface area contributed by atoms with Crippen molar-refractivity contribution in [2.24, 2.45) is 0 Å². The maximum atomic E-state index is 12.4. The molecule has 8 heteroatoms. The summed E-state index contributed by atoms with van der Waals surface area (Å²) >= 11 is 0. The lowest BCUT2D eigenvalue weighted by Gasteiger charge is -2.21. The van der Waals surface area contributed by atoms with Gasteiger partial charge in [0.15, 0.2) is 0 Å². The highest BCUT2D eigenvalue weighted by Crippen LogP contribution is 2.16. The average molecular weight is 317 g/mol. The Balaban J connectivity index is 3.01. The van der Waals surface area contributed by atoms with Gasteiger partial charge in [0.05, 0.1) is 30.8 Å². The Hall–Kier alpha value is -1.48. The first kappa shape index (κ1) is 17.6. The fourth-order valence-electron chi connectivity index (χ4n) is 1.69. The zero-order valence-corrected chi connectivity index (χ0v) is 12.8. The molecule has 0 aliphatic carbocycles. The molecule has 1 aromatic carbocycles. The van der Waals surface area contributed by atoms with Crippen LogP contribution in [-0.2, 0) is 19.5 Å². The topological polar surface area (TPSA) is 93.1 Å². The van der Waals surface area contributed by atoms with E-state index in [1.165, 1.54) is 38.5 Å². The standard InChI is InChI=1S/C13H19NO6S/c1-19-10-8-14(7-9-15)21(17,18)12-5-3-11(4-6-12)13(16)20-2/h3-6,15H,7-10H2,1-2H3. The minimum atomic E-state index is -3.74. The zero-order chi connectivity index (χ0) is 15.9. The Morgan fingerprint density at radius 2 is 1.81 bits per heavy atom. The highest BCUT2D eigenvalue weighted by atomic mass is 32.2. The first-order valence-corrected chi connectivity index (χ1v) is 7.69. The molecule has 0 bridgehead atoms. The number of sulfonamides is 1. The van der Waals surface area contributed by atoms with E-state index in [1.807, 2.05) is 0 Å². The van der Waals surface area contributed by atoms with Crippen LogP contribution in [0.1, 0.15) is 10.4 Å². The molecule has 0 saturated carbocycles. The van der Waals surface area contributed by atoms with Gasteiger partial charge in [-0.3, -0.25) is 0 Å². The summed E-state index contributed by atoms with van der Waals surface area (Å²) in [6, 6.07) is 5.43. The molecule has 118 valence electrons. The molecule has 0 atom stereocenters. The van der Waals surface area contributed by atoms with Gasteiger partial charge in [-0.15, -0.1) is 0 Å². The quantitative estimate of drug-likeness (QED) is 0.684. The van der Waals surface area contributed by atoms with Crippen molar-refractivity contribution in [3.63, 3.8) is 0 Å². The van der Waals surface area contributed by atoms with Gasteiger partial charge in [-0.05, 0) is 24.3 Å². The molecule has 0 aliphatic rings. The monoisotopic (exact) mass is 317 g/mol. The number of hydrogen-bond acceptors (Lipinski definition) is 6. The van der Waals surface area contributed by atoms with E-state index in [9.17, 15) is 13.2 Å². The molecule has 0 heterocycles. The summed E-state index contributed by atoms with van der Waals surface area (Å²) in [5.41, 5.74) is 0.266. The van der Waals surface area contributed by atoms with Crippen LogP contribution in [0.3, 0.4) is 0 Å². The van der Waals surface area contributed by atoms with E-state index in [2.05, 4.69) is 4.74 Å². The SMILES string of the molecule is COCCN(CCO)S(=O)(=O)c1ccc(C(=O)OC)cc1. The van der Waals surface area contributed by atoms with Crippen molar-refractivity contribution < 1.29 is 27.8 Å². The van der Waals surface area contributed by atoms with Gasteiger partial charge in [-0.2, -0.15) is 4.31 Å². The molecule has 0 amide bonds. The number of rotatable bonds is 8. The third kappa shape index (κ3) is 4.50. The molecule has 0 unspecified atom stereocenters. The molecule has 0 saturated heterocycles. The Labute approximate surface area is 124 Å². The normalized spacial score (nSPS) is 11.6. The number of benzene rings is 1. The summed E-state index contributed by atoms with van der Waals surface area (Å²) in [5, 5.41) is 8.99. The zero-order valence-electron chi connectivity index (χ0n) is 12.0. The number of aliphatic hydroxyl groups is 1. The second-order valence-corrected chi connectivity index (χ2v) is 6.07. The number of methoxy groups -OCH3 is 2. The molecule has 0 fully saturated rings. The van der Waals surface area contributed by atoms with Crippen molar-refractivity contribution in [3.05, 3.63) is 29.8 Å². The lowest BCUT2D eigenvalue weighted by molar-refractivity contribution is 0.0600. The Morgan fingerprint density at radius 1 is 1.19 bits per heavy atom. The Kier molecular flexibility index (Phi) is 6.76. The van der Waals surface area contributed by atoms with E-state index in [0.29, 0.717) is 0 Å². The van der Waals surface area contributed by atoms with E-state index in [1.54, 1.807) is 0 Å². The van der Waals surface area contributed by atoms with E-state index >= 15 is 0 Å². The van der Waals surface area contributed by atoms with Crippen molar-refractivity contribution in [1.29, 1.82) is 0 Å². The molecule has 1 aromatic rings. The van der Waals surface area contributed by atoms with Crippen LogP contribution in [0.5, 0.6) is 0 Å². The molecule has 0 aromatic heterocycles. The number of esters is 1. The fraction of sp³-hybridized carbons (Fsp3) is 0.462. The van der Waals surface area contributed by atoms with E-state index in [-0.39, 0.29) is 36.8 Å². The van der Waals surface area contributed by atoms with Crippen molar-refractivity contribution >= 4 is 16.0 Å². The summed E-state index contributed by atoms with van der Waals surface area (Å²) in [5.74, 6) is -0.537. The second-order valence-electron chi connectivity index (χ2n) is 4.14. The van der Waals surface area contributed by atoms with Crippen LogP contribution in [0.4, 0.5) is 0 Å². The lowest BCUT2D eigenvalue weighted by atomic mass is 10.2. The number of ether oxygens (including phenoxy) is 2. The number of aliphatic hydroxyl groups excluding tert-OH is 1. The first-order chi connectivity index (χ1) is 9.97. The molecule has 21 heavy (non-hydrogen) atoms. The second kappa shape index (κ2) is 8.08. The highest BCUT2D eigenvalue weighted by Gasteiger charge is 2.24. The smallest absolute Gasteiger partial charge is 0.337 e. The largest absolute Gasteiger partial charge is 0.465 e. The van der Waals surface area contributed by atoms with Gasteiger partial charge < -0.3 is 14.6 Å². The van der Waals surface area contributed by atoms with Gasteiger partial charge in [-0.1, -0.05) is 0 Å². The molecular weight excluding hydrogens is 298 g/mol. The number of carbonyl (C=O) groups is 1. The summed E-state index contributed by atoms with van der Waals surface area (Å²) in [6.45, 7) is 0.0469. The van der Waals surface area contributed by atoms with Crippen LogP contribution in [0.2, 0.25) is 0 Å². The van der Waals surface area contributed by atoms with Crippen molar-refractivity contribution in [1.82, 2.24) is 4.31 Å². The van der Waals surface area contributed by atoms with Crippen LogP contribution in [0.15, 0.2) is 29.2 Å². The molecule has 1 rings (SSSR count). The Bertz CT molecular complexity index is 555. The van der Waals surface area contributed by atoms with Gasteiger partial charge >= 0.3 is 5.97 Å². The van der Waals surface area contributed by atoms with Crippen molar-refractivity contribution in [2.45, 2.75) is 4.90 Å². The Morgan fingerprint density at radius 3 is 2.29 bits per heavy atom. The molecular formula is C13H19NO6S. The molecule has 7 nitrogen and oxygen atoms in total. The summed E-state index contributed by atoms with van der Waals surface area (Å²) in [4.78, 5) is 11.4. The lowest BCUT2D eigenvalue weighted by Crippen LogP contribution is -2.36. The average Bonchev–Trinajstić information content (AvgIpc) is 2.50. The maximum Gasteiger partial charge on any atom is 0.337 e. The number of nitrogens with zero attached hydrogens (tertiary/aromatic N) is 1. The molecule has 0 radical (unpaired) electrons. The van der Waals surface area contributed by atoms with Gasteiger partial charge in [-0.25, -0.2) is 13.2 Å². The van der Waals surface area contributed by atoms with Crippen LogP contribution >= 0.6 is 0 Å². The van der Waals surface area contributed by atoms with Gasteiger partial charge in [0.25, 0.3) is 0 Å². The molecule has 1 N–H and O–H groups in total. The van der Waals surface area contributed by atoms with Crippen LogP contribution in [0, 0.1) is 0 Å². The molecule has 0 spiro atoms.